The van der Waals surface area contributed by atoms with Crippen molar-refractivity contribution in [1.82, 2.24) is 5.32 Å². The van der Waals surface area contributed by atoms with E-state index in [0.717, 1.165) is 6.07 Å². The van der Waals surface area contributed by atoms with Crippen LogP contribution in [0.1, 0.15) is 25.5 Å². The zero-order valence-electron chi connectivity index (χ0n) is 10.9. The van der Waals surface area contributed by atoms with Crippen molar-refractivity contribution in [2.24, 2.45) is 0 Å². The van der Waals surface area contributed by atoms with Gasteiger partial charge in [0.25, 0.3) is 0 Å². The number of hydrogen-bond donors (Lipinski definition) is 3. The van der Waals surface area contributed by atoms with E-state index in [1.54, 1.807) is 24.8 Å². The van der Waals surface area contributed by atoms with Crippen LogP contribution in [0.5, 0.6) is 5.75 Å². The minimum absolute atomic E-state index is 0.0853. The summed E-state index contributed by atoms with van der Waals surface area (Å²) in [5.74, 6) is 0.0856. The molecule has 3 nitrogen and oxygen atoms in total. The molecule has 0 aliphatic carbocycles. The van der Waals surface area contributed by atoms with Gasteiger partial charge in [0.15, 0.2) is 0 Å². The van der Waals surface area contributed by atoms with Crippen molar-refractivity contribution in [3.63, 3.8) is 0 Å². The maximum atomic E-state index is 13.6. The Kier molecular flexibility index (Phi) is 5.44. The summed E-state index contributed by atoms with van der Waals surface area (Å²) in [6.07, 6.45) is 1.93. The van der Waals surface area contributed by atoms with Gasteiger partial charge in [0.1, 0.15) is 11.6 Å². The summed E-state index contributed by atoms with van der Waals surface area (Å²) in [5, 5.41) is 22.3. The van der Waals surface area contributed by atoms with E-state index in [1.807, 2.05) is 13.2 Å². The van der Waals surface area contributed by atoms with Crippen LogP contribution in [-0.4, -0.2) is 34.4 Å². The van der Waals surface area contributed by atoms with E-state index in [0.29, 0.717) is 17.9 Å². The van der Waals surface area contributed by atoms with Gasteiger partial charge in [0.05, 0.1) is 5.60 Å². The molecule has 1 aromatic carbocycles. The van der Waals surface area contributed by atoms with Gasteiger partial charge in [-0.05, 0) is 26.2 Å². The summed E-state index contributed by atoms with van der Waals surface area (Å²) in [6.45, 7) is 3.95. The van der Waals surface area contributed by atoms with E-state index in [9.17, 15) is 9.50 Å². The lowest BCUT2D eigenvalue weighted by Gasteiger charge is -2.25. The van der Waals surface area contributed by atoms with Gasteiger partial charge >= 0.3 is 0 Å². The van der Waals surface area contributed by atoms with Gasteiger partial charge in [-0.25, -0.2) is 4.39 Å². The van der Waals surface area contributed by atoms with E-state index in [2.05, 4.69) is 5.32 Å². The van der Waals surface area contributed by atoms with Gasteiger partial charge in [-0.15, -0.1) is 0 Å². The molecule has 0 amide bonds. The number of hydrogen-bond acceptors (Lipinski definition) is 4. The summed E-state index contributed by atoms with van der Waals surface area (Å²) in [6, 6.07) is 3.87. The van der Waals surface area contributed by atoms with Crippen LogP contribution in [0.3, 0.4) is 0 Å². The van der Waals surface area contributed by atoms with E-state index in [4.69, 9.17) is 5.11 Å². The summed E-state index contributed by atoms with van der Waals surface area (Å²) in [7, 11) is 0. The highest BCUT2D eigenvalue weighted by Crippen LogP contribution is 2.21. The number of phenols is 1. The van der Waals surface area contributed by atoms with Crippen LogP contribution in [0.4, 0.5) is 4.39 Å². The number of rotatable bonds is 6. The molecule has 0 fully saturated rings. The van der Waals surface area contributed by atoms with Crippen molar-refractivity contribution >= 4 is 11.8 Å². The van der Waals surface area contributed by atoms with Crippen molar-refractivity contribution in [3.8, 4) is 5.75 Å². The smallest absolute Gasteiger partial charge is 0.131 e. The first-order valence-corrected chi connectivity index (χ1v) is 7.18. The summed E-state index contributed by atoms with van der Waals surface area (Å²) < 4.78 is 13.6. The van der Waals surface area contributed by atoms with Crippen LogP contribution in [-0.2, 0) is 0 Å². The van der Waals surface area contributed by atoms with Crippen LogP contribution in [0.25, 0.3) is 0 Å². The van der Waals surface area contributed by atoms with Crippen LogP contribution >= 0.6 is 11.8 Å². The predicted molar refractivity (Wildman–Crippen MR) is 73.5 cm³/mol. The predicted octanol–water partition coefficient (Wildman–Crippen LogP) is 2.30. The van der Waals surface area contributed by atoms with Crippen molar-refractivity contribution in [1.29, 1.82) is 0 Å². The first-order valence-electron chi connectivity index (χ1n) is 5.79. The Morgan fingerprint density at radius 1 is 1.50 bits per heavy atom. The van der Waals surface area contributed by atoms with Crippen molar-refractivity contribution in [2.75, 3.05) is 18.6 Å². The Hall–Kier alpha value is -0.780. The van der Waals surface area contributed by atoms with Crippen molar-refractivity contribution in [2.45, 2.75) is 25.5 Å². The topological polar surface area (TPSA) is 52.5 Å². The molecule has 1 aromatic rings. The van der Waals surface area contributed by atoms with Gasteiger partial charge in [-0.3, -0.25) is 0 Å². The number of nitrogens with one attached hydrogen (secondary N) is 1. The van der Waals surface area contributed by atoms with Crippen LogP contribution in [0, 0.1) is 5.82 Å². The fraction of sp³-hybridized carbons (Fsp3) is 0.538. The summed E-state index contributed by atoms with van der Waals surface area (Å²) >= 11 is 1.56. The van der Waals surface area contributed by atoms with Crippen molar-refractivity contribution in [3.05, 3.63) is 29.6 Å². The largest absolute Gasteiger partial charge is 0.508 e. The van der Waals surface area contributed by atoms with Crippen molar-refractivity contribution < 1.29 is 14.6 Å². The number of phenolic OH excluding ortho intramolecular Hbond substituents is 1. The second-order valence-corrected chi connectivity index (χ2v) is 5.60. The van der Waals surface area contributed by atoms with E-state index in [-0.39, 0.29) is 11.8 Å². The number of halogens is 1. The molecule has 0 bridgehead atoms. The molecule has 102 valence electrons. The first kappa shape index (κ1) is 15.3. The lowest BCUT2D eigenvalue weighted by atomic mass is 10.1. The molecule has 18 heavy (non-hydrogen) atoms. The van der Waals surface area contributed by atoms with E-state index < -0.39 is 11.4 Å². The lowest BCUT2D eigenvalue weighted by molar-refractivity contribution is 0.0819. The number of benzene rings is 1. The third-order valence-electron chi connectivity index (χ3n) is 2.69. The standard InChI is InChI=1S/C13H20FNO2S/c1-9(15-7-13(2,17)8-18-3)11-5-4-10(16)6-12(11)14/h4-6,9,15-17H,7-8H2,1-3H3. The molecule has 0 radical (unpaired) electrons. The second-order valence-electron chi connectivity index (χ2n) is 4.74. The summed E-state index contributed by atoms with van der Waals surface area (Å²) in [5.41, 5.74) is -0.339. The zero-order valence-corrected chi connectivity index (χ0v) is 11.7. The first-order chi connectivity index (χ1) is 8.35. The second kappa shape index (κ2) is 6.41. The zero-order chi connectivity index (χ0) is 13.8. The Balaban J connectivity index is 2.63. The molecular weight excluding hydrogens is 253 g/mol. The molecule has 3 N–H and O–H groups in total. The summed E-state index contributed by atoms with van der Waals surface area (Å²) in [4.78, 5) is 0. The quantitative estimate of drug-likeness (QED) is 0.744. The SMILES string of the molecule is CSCC(C)(O)CNC(C)c1ccc(O)cc1F. The molecule has 0 spiro atoms. The molecule has 0 saturated carbocycles. The van der Waals surface area contributed by atoms with Crippen LogP contribution in [0.15, 0.2) is 18.2 Å². The number of thioether (sulfide) groups is 1. The average molecular weight is 273 g/mol. The monoisotopic (exact) mass is 273 g/mol. The normalized spacial score (nSPS) is 16.3. The Bertz CT molecular complexity index is 399. The Morgan fingerprint density at radius 3 is 2.72 bits per heavy atom. The fourth-order valence-electron chi connectivity index (χ4n) is 1.71. The highest BCUT2D eigenvalue weighted by Gasteiger charge is 2.21. The Labute approximate surface area is 111 Å². The lowest BCUT2D eigenvalue weighted by Crippen LogP contribution is -2.41. The molecule has 2 unspecified atom stereocenters. The molecule has 0 saturated heterocycles. The van der Waals surface area contributed by atoms with E-state index in [1.165, 1.54) is 6.07 Å². The molecule has 0 heterocycles. The van der Waals surface area contributed by atoms with Gasteiger partial charge in [0.2, 0.25) is 0 Å². The van der Waals surface area contributed by atoms with Crippen LogP contribution < -0.4 is 5.32 Å². The van der Waals surface area contributed by atoms with Crippen LogP contribution in [0.2, 0.25) is 0 Å². The van der Waals surface area contributed by atoms with Gasteiger partial charge in [-0.1, -0.05) is 6.07 Å². The van der Waals surface area contributed by atoms with Gasteiger partial charge in [-0.2, -0.15) is 11.8 Å². The highest BCUT2D eigenvalue weighted by atomic mass is 32.2. The molecular formula is C13H20FNO2S. The molecule has 0 aromatic heterocycles. The maximum Gasteiger partial charge on any atom is 0.131 e. The number of aromatic hydroxyl groups is 1. The molecule has 0 aliphatic heterocycles. The van der Waals surface area contributed by atoms with E-state index >= 15 is 0 Å². The number of aliphatic hydroxyl groups is 1. The third kappa shape index (κ3) is 4.48. The fourth-order valence-corrected chi connectivity index (χ4v) is 2.44. The molecule has 2 atom stereocenters. The molecule has 5 heteroatoms. The van der Waals surface area contributed by atoms with Gasteiger partial charge in [0, 0.05) is 30.0 Å². The third-order valence-corrected chi connectivity index (χ3v) is 3.61. The average Bonchev–Trinajstić information content (AvgIpc) is 2.26. The minimum atomic E-state index is -0.818. The van der Waals surface area contributed by atoms with Gasteiger partial charge < -0.3 is 15.5 Å². The Morgan fingerprint density at radius 2 is 2.17 bits per heavy atom. The molecule has 0 aliphatic rings. The highest BCUT2D eigenvalue weighted by molar-refractivity contribution is 7.98. The molecule has 1 rings (SSSR count). The minimum Gasteiger partial charge on any atom is -0.508 e. The maximum absolute atomic E-state index is 13.6.